The highest BCUT2D eigenvalue weighted by atomic mass is 16.7. The standard InChI is InChI=1S/C44H74N2O15/c1-16-18-19-46(14)31-20-24(4)55-41(35(31)49)60-38-26(6)36(59-33-22-43(12,54-15)39(28(8)56-33)57-29(9)47)27(7)40(51)58-32(17-2)44(13,53)37(50)25(5)34(45-61-30(10)48)23(3)21-42(38,11)52/h1,23-28,31-33,35-39,41,49-50,52-53H,17-22H2,2-15H3/b45-34+/t23-,24-,25+,26+,27-,28+,31+,32-,33+,35-,36?,37-,38-,39+,41+,42-,43-,44-/m1/s1. The molecule has 3 rings (SSSR count). The van der Waals surface area contributed by atoms with Gasteiger partial charge in [-0.2, -0.15) is 0 Å². The van der Waals surface area contributed by atoms with Crippen LogP contribution in [0.2, 0.25) is 0 Å². The van der Waals surface area contributed by atoms with Crippen molar-refractivity contribution in [2.75, 3.05) is 20.7 Å². The molecule has 0 spiro atoms. The monoisotopic (exact) mass is 871 g/mol. The van der Waals surface area contributed by atoms with Crippen LogP contribution in [0.15, 0.2) is 5.16 Å². The number of oxime groups is 1. The van der Waals surface area contributed by atoms with Gasteiger partial charge in [0.1, 0.15) is 23.4 Å². The molecule has 0 saturated carbocycles. The minimum absolute atomic E-state index is 0.0513. The molecule has 61 heavy (non-hydrogen) atoms. The van der Waals surface area contributed by atoms with Crippen LogP contribution in [0.25, 0.3) is 0 Å². The van der Waals surface area contributed by atoms with E-state index in [4.69, 9.17) is 44.4 Å². The van der Waals surface area contributed by atoms with E-state index in [0.717, 1.165) is 0 Å². The van der Waals surface area contributed by atoms with E-state index in [1.54, 1.807) is 48.5 Å². The smallest absolute Gasteiger partial charge is 0.331 e. The molecular weight excluding hydrogens is 796 g/mol. The first-order chi connectivity index (χ1) is 28.3. The molecule has 3 heterocycles. The summed E-state index contributed by atoms with van der Waals surface area (Å²) in [6, 6.07) is -0.432. The van der Waals surface area contributed by atoms with Crippen molar-refractivity contribution in [1.29, 1.82) is 0 Å². The van der Waals surface area contributed by atoms with Crippen LogP contribution in [0, 0.1) is 36.0 Å². The minimum atomic E-state index is -2.04. The third kappa shape index (κ3) is 12.7. The minimum Gasteiger partial charge on any atom is -0.459 e. The fourth-order valence-corrected chi connectivity index (χ4v) is 9.43. The van der Waals surface area contributed by atoms with Gasteiger partial charge in [-0.05, 0) is 67.9 Å². The summed E-state index contributed by atoms with van der Waals surface area (Å²) >= 11 is 0. The Balaban J connectivity index is 2.27. The lowest BCUT2D eigenvalue weighted by atomic mass is 9.73. The fourth-order valence-electron chi connectivity index (χ4n) is 9.43. The highest BCUT2D eigenvalue weighted by Crippen LogP contribution is 2.41. The summed E-state index contributed by atoms with van der Waals surface area (Å²) in [4.78, 5) is 45.6. The van der Waals surface area contributed by atoms with Crippen LogP contribution in [-0.4, -0.2) is 154 Å². The SMILES string of the molecule is C#CCCN(C)[C@H]1C[C@@H](C)O[C@@H](O[C@@H]2[C@@H](C)C(O[C@H]3C[C@@](C)(OC)[C@@H](OC(C)=O)[C@H](C)O3)[C@@H](C)C(=O)O[C@H](CC)[C@@](C)(O)[C@H](O)[C@@H](C)/C(=N/OC(C)=O)[C@H](C)C[C@@]2(C)O)[C@@H]1O. The number of terminal acetylenes is 1. The molecule has 3 fully saturated rings. The lowest BCUT2D eigenvalue weighted by Crippen LogP contribution is -2.61. The van der Waals surface area contributed by atoms with Crippen molar-refractivity contribution in [2.45, 2.75) is 199 Å². The van der Waals surface area contributed by atoms with E-state index in [2.05, 4.69) is 11.1 Å². The van der Waals surface area contributed by atoms with Gasteiger partial charge < -0.3 is 58.4 Å². The van der Waals surface area contributed by atoms with Crippen LogP contribution in [0.3, 0.4) is 0 Å². The second-order valence-electron chi connectivity index (χ2n) is 18.2. The average Bonchev–Trinajstić information content (AvgIpc) is 3.17. The maximum atomic E-state index is 14.4. The molecule has 0 aromatic heterocycles. The molecule has 0 amide bonds. The molecule has 0 aromatic carbocycles. The number of nitrogens with zero attached hydrogens (tertiary/aromatic N) is 2. The summed E-state index contributed by atoms with van der Waals surface area (Å²) in [6.45, 7) is 19.5. The molecule has 1 unspecified atom stereocenters. The van der Waals surface area contributed by atoms with Crippen molar-refractivity contribution in [3.05, 3.63) is 0 Å². The average molecular weight is 871 g/mol. The molecule has 3 aliphatic rings. The second-order valence-corrected chi connectivity index (χ2v) is 18.2. The van der Waals surface area contributed by atoms with Gasteiger partial charge in [0, 0.05) is 64.1 Å². The van der Waals surface area contributed by atoms with Gasteiger partial charge in [0.15, 0.2) is 18.7 Å². The van der Waals surface area contributed by atoms with Crippen molar-refractivity contribution in [1.82, 2.24) is 4.90 Å². The van der Waals surface area contributed by atoms with Crippen molar-refractivity contribution < 1.29 is 72.8 Å². The summed E-state index contributed by atoms with van der Waals surface area (Å²) in [5, 5.41) is 52.5. The van der Waals surface area contributed by atoms with Gasteiger partial charge in [-0.3, -0.25) is 14.5 Å². The summed E-state index contributed by atoms with van der Waals surface area (Å²) < 4.78 is 43.7. The first-order valence-corrected chi connectivity index (χ1v) is 21.5. The number of carbonyl (C=O) groups is 3. The molecule has 0 aromatic rings. The number of carbonyl (C=O) groups excluding carboxylic acids is 3. The summed E-state index contributed by atoms with van der Waals surface area (Å²) in [7, 11) is 3.33. The number of aliphatic hydroxyl groups excluding tert-OH is 2. The Kier molecular flexibility index (Phi) is 18.7. The molecular formula is C44H74N2O15. The predicted molar refractivity (Wildman–Crippen MR) is 222 cm³/mol. The molecule has 0 aliphatic carbocycles. The maximum absolute atomic E-state index is 14.4. The number of likely N-dealkylation sites (N-methyl/N-ethyl adjacent to an activating group) is 1. The number of hydrogen-bond acceptors (Lipinski definition) is 17. The lowest BCUT2D eigenvalue weighted by Gasteiger charge is -2.49. The zero-order valence-electron chi connectivity index (χ0n) is 38.7. The number of hydrogen-bond donors (Lipinski definition) is 4. The van der Waals surface area contributed by atoms with Gasteiger partial charge in [-0.1, -0.05) is 32.9 Å². The normalized spacial score (nSPS) is 43.8. The third-order valence-electron chi connectivity index (χ3n) is 12.9. The first kappa shape index (κ1) is 52.6. The Bertz CT molecular complexity index is 1550. The van der Waals surface area contributed by atoms with Gasteiger partial charge in [-0.25, -0.2) is 4.79 Å². The number of ether oxygens (including phenoxy) is 7. The fraction of sp³-hybridized carbons (Fsp3) is 0.864. The van der Waals surface area contributed by atoms with Gasteiger partial charge in [-0.15, -0.1) is 12.3 Å². The molecule has 3 aliphatic heterocycles. The second kappa shape index (κ2) is 21.7. The topological polar surface area (TPSA) is 222 Å². The van der Waals surface area contributed by atoms with Crippen molar-refractivity contribution in [3.8, 4) is 12.3 Å². The van der Waals surface area contributed by atoms with Crippen LogP contribution in [0.5, 0.6) is 0 Å². The largest absolute Gasteiger partial charge is 0.459 e. The Hall–Kier alpha value is -2.76. The Labute approximate surface area is 362 Å². The third-order valence-corrected chi connectivity index (χ3v) is 12.9. The van der Waals surface area contributed by atoms with E-state index in [1.807, 2.05) is 18.9 Å². The molecule has 17 heteroatoms. The molecule has 0 bridgehead atoms. The number of methoxy groups -OCH3 is 1. The van der Waals surface area contributed by atoms with Crippen molar-refractivity contribution in [3.63, 3.8) is 0 Å². The van der Waals surface area contributed by atoms with Crippen LogP contribution < -0.4 is 0 Å². The van der Waals surface area contributed by atoms with Crippen LogP contribution in [0.4, 0.5) is 0 Å². The molecule has 350 valence electrons. The lowest BCUT2D eigenvalue weighted by molar-refractivity contribution is -0.318. The zero-order chi connectivity index (χ0) is 46.4. The van der Waals surface area contributed by atoms with Crippen LogP contribution in [-0.2, 0) is 52.4 Å². The van der Waals surface area contributed by atoms with Crippen LogP contribution in [0.1, 0.15) is 115 Å². The summed E-state index contributed by atoms with van der Waals surface area (Å²) in [6.07, 6.45) is -4.25. The summed E-state index contributed by atoms with van der Waals surface area (Å²) in [5.41, 5.74) is -4.85. The highest BCUT2D eigenvalue weighted by Gasteiger charge is 2.54. The Morgan fingerprint density at radius 2 is 1.61 bits per heavy atom. The Morgan fingerprint density at radius 1 is 0.967 bits per heavy atom. The van der Waals surface area contributed by atoms with E-state index in [9.17, 15) is 34.8 Å². The Morgan fingerprint density at radius 3 is 2.16 bits per heavy atom. The number of esters is 2. The van der Waals surface area contributed by atoms with Crippen LogP contribution >= 0.6 is 0 Å². The number of aliphatic hydroxyl groups is 4. The van der Waals surface area contributed by atoms with Crippen molar-refractivity contribution >= 4 is 23.6 Å². The molecule has 3 saturated heterocycles. The van der Waals surface area contributed by atoms with E-state index in [0.29, 0.717) is 19.4 Å². The molecule has 17 nitrogen and oxygen atoms in total. The zero-order valence-corrected chi connectivity index (χ0v) is 38.7. The van der Waals surface area contributed by atoms with Gasteiger partial charge in [0.2, 0.25) is 0 Å². The maximum Gasteiger partial charge on any atom is 0.331 e. The molecule has 18 atom stereocenters. The predicted octanol–water partition coefficient (Wildman–Crippen LogP) is 3.10. The molecule has 0 radical (unpaired) electrons. The number of cyclic esters (lactones) is 1. The molecule has 4 N–H and O–H groups in total. The van der Waals surface area contributed by atoms with Crippen molar-refractivity contribution in [2.24, 2.45) is 28.8 Å². The van der Waals surface area contributed by atoms with E-state index in [-0.39, 0.29) is 31.1 Å². The van der Waals surface area contributed by atoms with E-state index >= 15 is 0 Å². The van der Waals surface area contributed by atoms with E-state index in [1.165, 1.54) is 34.8 Å². The summed E-state index contributed by atoms with van der Waals surface area (Å²) in [5.74, 6) is -3.20. The highest BCUT2D eigenvalue weighted by molar-refractivity contribution is 5.89. The number of rotatable bonds is 11. The van der Waals surface area contributed by atoms with Gasteiger partial charge in [0.25, 0.3) is 0 Å². The quantitative estimate of drug-likeness (QED) is 0.101. The van der Waals surface area contributed by atoms with E-state index < -0.39 is 120 Å². The van der Waals surface area contributed by atoms with Gasteiger partial charge >= 0.3 is 17.9 Å². The first-order valence-electron chi connectivity index (χ1n) is 21.5. The van der Waals surface area contributed by atoms with Gasteiger partial charge in [0.05, 0.1) is 47.8 Å².